The second-order valence-corrected chi connectivity index (χ2v) is 9.88. The molecule has 0 saturated heterocycles. The number of fused-ring (bicyclic) bond motifs is 1. The molecule has 3 aromatic carbocycles. The predicted octanol–water partition coefficient (Wildman–Crippen LogP) is 6.82. The molecule has 1 aromatic heterocycles. The van der Waals surface area contributed by atoms with Gasteiger partial charge in [0.15, 0.2) is 5.16 Å². The van der Waals surface area contributed by atoms with Gasteiger partial charge in [0, 0.05) is 0 Å². The SMILES string of the molecule is CCSc1nc2ccccc2n1Cc1ccc(-c2ccccc2C(=O)OC(C)(C)C)cc1. The number of thioether (sulfide) groups is 1. The molecule has 0 aliphatic rings. The van der Waals surface area contributed by atoms with Crippen molar-refractivity contribution in [2.45, 2.75) is 45.0 Å². The average molecular weight is 445 g/mol. The van der Waals surface area contributed by atoms with Crippen molar-refractivity contribution < 1.29 is 9.53 Å². The molecule has 0 fully saturated rings. The van der Waals surface area contributed by atoms with Crippen molar-refractivity contribution in [3.05, 3.63) is 83.9 Å². The molecule has 0 amide bonds. The Labute approximate surface area is 193 Å². The summed E-state index contributed by atoms with van der Waals surface area (Å²) in [5.41, 5.74) is 5.27. The summed E-state index contributed by atoms with van der Waals surface area (Å²) in [5, 5.41) is 1.04. The van der Waals surface area contributed by atoms with Gasteiger partial charge in [-0.3, -0.25) is 0 Å². The lowest BCUT2D eigenvalue weighted by atomic mass is 9.98. The van der Waals surface area contributed by atoms with E-state index in [-0.39, 0.29) is 5.97 Å². The molecule has 0 saturated carbocycles. The smallest absolute Gasteiger partial charge is 0.339 e. The van der Waals surface area contributed by atoms with Crippen LogP contribution < -0.4 is 0 Å². The van der Waals surface area contributed by atoms with E-state index in [1.54, 1.807) is 11.8 Å². The van der Waals surface area contributed by atoms with Crippen LogP contribution in [0.15, 0.2) is 78.0 Å². The zero-order valence-corrected chi connectivity index (χ0v) is 19.8. The highest BCUT2D eigenvalue weighted by molar-refractivity contribution is 7.99. The van der Waals surface area contributed by atoms with Gasteiger partial charge in [-0.2, -0.15) is 0 Å². The number of para-hydroxylation sites is 2. The fourth-order valence-corrected chi connectivity index (χ4v) is 4.40. The van der Waals surface area contributed by atoms with Gasteiger partial charge in [0.1, 0.15) is 5.60 Å². The summed E-state index contributed by atoms with van der Waals surface area (Å²) >= 11 is 1.76. The van der Waals surface area contributed by atoms with E-state index in [1.807, 2.05) is 51.1 Å². The molecule has 4 aromatic rings. The zero-order chi connectivity index (χ0) is 22.7. The maximum Gasteiger partial charge on any atom is 0.339 e. The Morgan fingerprint density at radius 2 is 1.66 bits per heavy atom. The minimum atomic E-state index is -0.532. The highest BCUT2D eigenvalue weighted by atomic mass is 32.2. The molecule has 0 atom stereocenters. The van der Waals surface area contributed by atoms with Crippen LogP contribution in [0.3, 0.4) is 0 Å². The summed E-state index contributed by atoms with van der Waals surface area (Å²) < 4.78 is 7.88. The number of imidazole rings is 1. The Morgan fingerprint density at radius 1 is 0.969 bits per heavy atom. The molecule has 32 heavy (non-hydrogen) atoms. The van der Waals surface area contributed by atoms with Crippen LogP contribution in [-0.2, 0) is 11.3 Å². The molecule has 0 N–H and O–H groups in total. The number of carbonyl (C=O) groups excluding carboxylic acids is 1. The van der Waals surface area contributed by atoms with Crippen LogP contribution in [0.1, 0.15) is 43.6 Å². The number of rotatable bonds is 6. The van der Waals surface area contributed by atoms with Crippen molar-refractivity contribution in [1.82, 2.24) is 9.55 Å². The second kappa shape index (κ2) is 9.21. The van der Waals surface area contributed by atoms with E-state index in [0.717, 1.165) is 39.6 Å². The van der Waals surface area contributed by atoms with Crippen molar-refractivity contribution in [3.63, 3.8) is 0 Å². The Kier molecular flexibility index (Phi) is 6.38. The third-order valence-corrected chi connectivity index (χ3v) is 5.90. The lowest BCUT2D eigenvalue weighted by molar-refractivity contribution is 0.00704. The van der Waals surface area contributed by atoms with Crippen LogP contribution in [0.25, 0.3) is 22.2 Å². The molecule has 0 aliphatic heterocycles. The van der Waals surface area contributed by atoms with Gasteiger partial charge in [-0.15, -0.1) is 0 Å². The average Bonchev–Trinajstić information content (AvgIpc) is 3.10. The molecule has 0 aliphatic carbocycles. The molecule has 0 radical (unpaired) electrons. The van der Waals surface area contributed by atoms with Crippen molar-refractivity contribution in [2.24, 2.45) is 0 Å². The number of nitrogens with zero attached hydrogens (tertiary/aromatic N) is 2. The number of benzene rings is 3. The Bertz CT molecular complexity index is 1240. The first-order valence-electron chi connectivity index (χ1n) is 10.9. The van der Waals surface area contributed by atoms with Gasteiger partial charge in [0.25, 0.3) is 0 Å². The van der Waals surface area contributed by atoms with E-state index in [9.17, 15) is 4.79 Å². The second-order valence-electron chi connectivity index (χ2n) is 8.65. The van der Waals surface area contributed by atoms with Crippen LogP contribution in [0.2, 0.25) is 0 Å². The van der Waals surface area contributed by atoms with Crippen LogP contribution in [0.5, 0.6) is 0 Å². The van der Waals surface area contributed by atoms with Gasteiger partial charge >= 0.3 is 5.97 Å². The molecule has 0 unspecified atom stereocenters. The Morgan fingerprint density at radius 3 is 2.38 bits per heavy atom. The van der Waals surface area contributed by atoms with E-state index in [4.69, 9.17) is 9.72 Å². The summed E-state index contributed by atoms with van der Waals surface area (Å²) in [4.78, 5) is 17.5. The number of esters is 1. The number of carbonyl (C=O) groups is 1. The summed E-state index contributed by atoms with van der Waals surface area (Å²) in [6, 6.07) is 24.2. The minimum absolute atomic E-state index is 0.303. The van der Waals surface area contributed by atoms with E-state index >= 15 is 0 Å². The van der Waals surface area contributed by atoms with E-state index in [0.29, 0.717) is 5.56 Å². The minimum Gasteiger partial charge on any atom is -0.456 e. The normalized spacial score (nSPS) is 11.6. The molecular formula is C27H28N2O2S. The lowest BCUT2D eigenvalue weighted by Gasteiger charge is -2.20. The van der Waals surface area contributed by atoms with Gasteiger partial charge in [0.05, 0.1) is 23.1 Å². The van der Waals surface area contributed by atoms with Crippen molar-refractivity contribution >= 4 is 28.8 Å². The quantitative estimate of drug-likeness (QED) is 0.242. The Hall–Kier alpha value is -3.05. The van der Waals surface area contributed by atoms with Crippen LogP contribution >= 0.6 is 11.8 Å². The standard InChI is InChI=1S/C27H28N2O2S/c1-5-32-26-28-23-12-8-9-13-24(23)29(26)18-19-14-16-20(17-15-19)21-10-6-7-11-22(21)25(30)31-27(2,3)4/h6-17H,5,18H2,1-4H3. The topological polar surface area (TPSA) is 44.1 Å². The number of ether oxygens (including phenoxy) is 1. The van der Waals surface area contributed by atoms with E-state index < -0.39 is 5.60 Å². The molecule has 1 heterocycles. The van der Waals surface area contributed by atoms with Crippen molar-refractivity contribution in [1.29, 1.82) is 0 Å². The summed E-state index contributed by atoms with van der Waals surface area (Å²) in [7, 11) is 0. The molecule has 0 spiro atoms. The molecule has 4 rings (SSSR count). The van der Waals surface area contributed by atoms with E-state index in [1.165, 1.54) is 5.56 Å². The zero-order valence-electron chi connectivity index (χ0n) is 19.0. The first kappa shape index (κ1) is 22.2. The Balaban J connectivity index is 1.63. The van der Waals surface area contributed by atoms with Crippen LogP contribution in [0, 0.1) is 0 Å². The van der Waals surface area contributed by atoms with Gasteiger partial charge in [-0.05, 0) is 61.4 Å². The third-order valence-electron chi connectivity index (χ3n) is 5.04. The highest BCUT2D eigenvalue weighted by Crippen LogP contribution is 2.28. The number of hydrogen-bond acceptors (Lipinski definition) is 4. The van der Waals surface area contributed by atoms with E-state index in [2.05, 4.69) is 54.0 Å². The summed E-state index contributed by atoms with van der Waals surface area (Å²) in [5.74, 6) is 0.673. The first-order valence-corrected chi connectivity index (χ1v) is 11.8. The largest absolute Gasteiger partial charge is 0.456 e. The molecule has 5 heteroatoms. The van der Waals surface area contributed by atoms with Gasteiger partial charge in [-0.1, -0.05) is 73.3 Å². The molecule has 0 bridgehead atoms. The highest BCUT2D eigenvalue weighted by Gasteiger charge is 2.20. The van der Waals surface area contributed by atoms with Gasteiger partial charge in [0.2, 0.25) is 0 Å². The monoisotopic (exact) mass is 444 g/mol. The van der Waals surface area contributed by atoms with Crippen molar-refractivity contribution in [3.8, 4) is 11.1 Å². The van der Waals surface area contributed by atoms with Crippen molar-refractivity contribution in [2.75, 3.05) is 5.75 Å². The lowest BCUT2D eigenvalue weighted by Crippen LogP contribution is -2.24. The fraction of sp³-hybridized carbons (Fsp3) is 0.259. The number of aromatic nitrogens is 2. The van der Waals surface area contributed by atoms with Crippen LogP contribution in [0.4, 0.5) is 0 Å². The number of hydrogen-bond donors (Lipinski definition) is 0. The van der Waals surface area contributed by atoms with Gasteiger partial charge < -0.3 is 9.30 Å². The maximum atomic E-state index is 12.7. The van der Waals surface area contributed by atoms with Crippen LogP contribution in [-0.4, -0.2) is 26.9 Å². The third kappa shape index (κ3) is 4.89. The maximum absolute atomic E-state index is 12.7. The first-order chi connectivity index (χ1) is 15.4. The molecule has 164 valence electrons. The molecule has 4 nitrogen and oxygen atoms in total. The molecular weight excluding hydrogens is 416 g/mol. The summed E-state index contributed by atoms with van der Waals surface area (Å²) in [6.07, 6.45) is 0. The predicted molar refractivity (Wildman–Crippen MR) is 132 cm³/mol. The summed E-state index contributed by atoms with van der Waals surface area (Å²) in [6.45, 7) is 8.54. The van der Waals surface area contributed by atoms with Gasteiger partial charge in [-0.25, -0.2) is 9.78 Å². The fourth-order valence-electron chi connectivity index (χ4n) is 3.66.